The zero-order chi connectivity index (χ0) is 15.7. The second-order valence-electron chi connectivity index (χ2n) is 3.98. The molecule has 4 amide bonds. The highest BCUT2D eigenvalue weighted by molar-refractivity contribution is 5.89. The molecule has 9 nitrogen and oxygen atoms in total. The van der Waals surface area contributed by atoms with Crippen molar-refractivity contribution >= 4 is 23.8 Å². The van der Waals surface area contributed by atoms with Crippen molar-refractivity contribution in [1.29, 1.82) is 0 Å². The van der Waals surface area contributed by atoms with Crippen molar-refractivity contribution in [3.8, 4) is 0 Å². The summed E-state index contributed by atoms with van der Waals surface area (Å²) in [5, 5.41) is 13.5. The van der Waals surface area contributed by atoms with Crippen molar-refractivity contribution in [3.63, 3.8) is 0 Å². The molecule has 0 heterocycles. The van der Waals surface area contributed by atoms with Gasteiger partial charge in [0.05, 0.1) is 6.42 Å². The third kappa shape index (κ3) is 6.57. The summed E-state index contributed by atoms with van der Waals surface area (Å²) in [5.74, 6) is -2.57. The van der Waals surface area contributed by atoms with Crippen LogP contribution in [-0.4, -0.2) is 59.5 Å². The van der Waals surface area contributed by atoms with Crippen LogP contribution in [0.2, 0.25) is 0 Å². The molecule has 20 heavy (non-hydrogen) atoms. The van der Waals surface area contributed by atoms with Gasteiger partial charge in [-0.05, 0) is 13.8 Å². The van der Waals surface area contributed by atoms with Crippen molar-refractivity contribution in [2.24, 2.45) is 5.73 Å². The minimum absolute atomic E-state index is 0.195. The monoisotopic (exact) mass is 288 g/mol. The van der Waals surface area contributed by atoms with Gasteiger partial charge in [-0.3, -0.25) is 9.59 Å². The molecular weight excluding hydrogens is 268 g/mol. The highest BCUT2D eigenvalue weighted by Gasteiger charge is 2.25. The summed E-state index contributed by atoms with van der Waals surface area (Å²) in [5.41, 5.74) is 4.90. The van der Waals surface area contributed by atoms with E-state index >= 15 is 0 Å². The molecule has 114 valence electrons. The SMILES string of the molecule is CCNC(=O)CN(CC)C(=O)N[C@H](CC(N)=O)C(=O)O. The van der Waals surface area contributed by atoms with Crippen molar-refractivity contribution in [2.75, 3.05) is 19.6 Å². The maximum absolute atomic E-state index is 11.8. The molecule has 0 unspecified atom stereocenters. The van der Waals surface area contributed by atoms with Crippen molar-refractivity contribution in [3.05, 3.63) is 0 Å². The van der Waals surface area contributed by atoms with Gasteiger partial charge in [0.15, 0.2) is 0 Å². The lowest BCUT2D eigenvalue weighted by atomic mass is 10.2. The minimum atomic E-state index is -1.41. The number of nitrogens with one attached hydrogen (secondary N) is 2. The van der Waals surface area contributed by atoms with Crippen molar-refractivity contribution in [1.82, 2.24) is 15.5 Å². The average Bonchev–Trinajstić information content (AvgIpc) is 2.34. The quantitative estimate of drug-likeness (QED) is 0.429. The standard InChI is InChI=1S/C11H20N4O5/c1-3-13-9(17)6-15(4-2)11(20)14-7(10(18)19)5-8(12)16/h7H,3-6H2,1-2H3,(H2,12,16)(H,13,17)(H,14,20)(H,18,19)/t7-/m1/s1. The van der Waals surface area contributed by atoms with Crippen LogP contribution in [0.4, 0.5) is 4.79 Å². The first-order valence-electron chi connectivity index (χ1n) is 6.15. The number of primary amides is 1. The normalized spacial score (nSPS) is 11.3. The molecule has 0 aliphatic rings. The predicted octanol–water partition coefficient (Wildman–Crippen LogP) is -1.52. The Balaban J connectivity index is 4.62. The van der Waals surface area contributed by atoms with E-state index in [4.69, 9.17) is 10.8 Å². The summed E-state index contributed by atoms with van der Waals surface area (Å²) in [4.78, 5) is 46.0. The number of carbonyl (C=O) groups excluding carboxylic acids is 3. The van der Waals surface area contributed by atoms with Gasteiger partial charge < -0.3 is 26.4 Å². The molecule has 0 aliphatic heterocycles. The number of urea groups is 1. The predicted molar refractivity (Wildman–Crippen MR) is 69.7 cm³/mol. The summed E-state index contributed by atoms with van der Waals surface area (Å²) < 4.78 is 0. The Morgan fingerprint density at radius 2 is 1.85 bits per heavy atom. The van der Waals surface area contributed by atoms with E-state index in [2.05, 4.69) is 10.6 Å². The molecule has 0 bridgehead atoms. The van der Waals surface area contributed by atoms with E-state index in [9.17, 15) is 19.2 Å². The van der Waals surface area contributed by atoms with E-state index in [1.54, 1.807) is 13.8 Å². The van der Waals surface area contributed by atoms with Crippen LogP contribution in [0.15, 0.2) is 0 Å². The molecule has 0 saturated heterocycles. The maximum Gasteiger partial charge on any atom is 0.326 e. The lowest BCUT2D eigenvalue weighted by Gasteiger charge is -2.23. The Bertz CT molecular complexity index is 385. The fourth-order valence-corrected chi connectivity index (χ4v) is 1.40. The molecule has 1 atom stereocenters. The number of hydrogen-bond acceptors (Lipinski definition) is 4. The molecule has 0 aliphatic carbocycles. The van der Waals surface area contributed by atoms with Gasteiger partial charge in [-0.1, -0.05) is 0 Å². The molecule has 5 N–H and O–H groups in total. The molecule has 0 saturated carbocycles. The fraction of sp³-hybridized carbons (Fsp3) is 0.636. The third-order valence-corrected chi connectivity index (χ3v) is 2.38. The molecule has 9 heteroatoms. The Kier molecular flexibility index (Phi) is 7.71. The van der Waals surface area contributed by atoms with Gasteiger partial charge in [-0.25, -0.2) is 9.59 Å². The highest BCUT2D eigenvalue weighted by Crippen LogP contribution is 1.96. The van der Waals surface area contributed by atoms with Crippen molar-refractivity contribution < 1.29 is 24.3 Å². The van der Waals surface area contributed by atoms with Crippen LogP contribution >= 0.6 is 0 Å². The average molecular weight is 288 g/mol. The number of amides is 4. The summed E-state index contributed by atoms with van der Waals surface area (Å²) >= 11 is 0. The molecule has 0 aromatic heterocycles. The molecule has 0 fully saturated rings. The second kappa shape index (κ2) is 8.73. The topological polar surface area (TPSA) is 142 Å². The van der Waals surface area contributed by atoms with Crippen LogP contribution in [0.1, 0.15) is 20.3 Å². The Hall–Kier alpha value is -2.32. The van der Waals surface area contributed by atoms with Crippen LogP contribution in [0, 0.1) is 0 Å². The number of aliphatic carboxylic acids is 1. The Morgan fingerprint density at radius 1 is 1.25 bits per heavy atom. The number of likely N-dealkylation sites (N-methyl/N-ethyl adjacent to an activating group) is 2. The number of carboxylic acids is 1. The molecule has 0 aromatic rings. The zero-order valence-electron chi connectivity index (χ0n) is 11.5. The fourth-order valence-electron chi connectivity index (χ4n) is 1.40. The number of carboxylic acid groups (broad SMARTS) is 1. The Morgan fingerprint density at radius 3 is 2.25 bits per heavy atom. The van der Waals surface area contributed by atoms with Crippen LogP contribution in [0.5, 0.6) is 0 Å². The minimum Gasteiger partial charge on any atom is -0.480 e. The maximum atomic E-state index is 11.8. The van der Waals surface area contributed by atoms with Gasteiger partial charge >= 0.3 is 12.0 Å². The van der Waals surface area contributed by atoms with Crippen LogP contribution in [0.3, 0.4) is 0 Å². The summed E-state index contributed by atoms with van der Waals surface area (Å²) in [6, 6.07) is -2.16. The van der Waals surface area contributed by atoms with Gasteiger partial charge in [-0.15, -0.1) is 0 Å². The molecular formula is C11H20N4O5. The third-order valence-electron chi connectivity index (χ3n) is 2.38. The lowest BCUT2D eigenvalue weighted by molar-refractivity contribution is -0.140. The summed E-state index contributed by atoms with van der Waals surface area (Å²) in [6.45, 7) is 3.83. The van der Waals surface area contributed by atoms with E-state index in [1.807, 2.05) is 0 Å². The first-order valence-corrected chi connectivity index (χ1v) is 6.15. The first kappa shape index (κ1) is 17.7. The number of nitrogens with zero attached hydrogens (tertiary/aromatic N) is 1. The molecule has 0 spiro atoms. The molecule has 0 aromatic carbocycles. The second-order valence-corrected chi connectivity index (χ2v) is 3.98. The van der Waals surface area contributed by atoms with E-state index in [0.29, 0.717) is 6.54 Å². The van der Waals surface area contributed by atoms with Gasteiger partial charge in [0.2, 0.25) is 11.8 Å². The zero-order valence-corrected chi connectivity index (χ0v) is 11.5. The number of hydrogen-bond donors (Lipinski definition) is 4. The molecule has 0 radical (unpaired) electrons. The first-order chi connectivity index (χ1) is 9.31. The number of nitrogens with two attached hydrogens (primary N) is 1. The van der Waals surface area contributed by atoms with E-state index in [-0.39, 0.29) is 19.0 Å². The number of carbonyl (C=O) groups is 4. The van der Waals surface area contributed by atoms with Gasteiger partial charge in [0.25, 0.3) is 0 Å². The van der Waals surface area contributed by atoms with Gasteiger partial charge in [-0.2, -0.15) is 0 Å². The van der Waals surface area contributed by atoms with Gasteiger partial charge in [0, 0.05) is 13.1 Å². The lowest BCUT2D eigenvalue weighted by Crippen LogP contribution is -2.51. The van der Waals surface area contributed by atoms with E-state index in [0.717, 1.165) is 4.90 Å². The smallest absolute Gasteiger partial charge is 0.326 e. The number of rotatable bonds is 8. The van der Waals surface area contributed by atoms with Crippen LogP contribution < -0.4 is 16.4 Å². The highest BCUT2D eigenvalue weighted by atomic mass is 16.4. The Labute approximate surface area is 116 Å². The van der Waals surface area contributed by atoms with Crippen LogP contribution in [0.25, 0.3) is 0 Å². The van der Waals surface area contributed by atoms with Gasteiger partial charge in [0.1, 0.15) is 12.6 Å². The van der Waals surface area contributed by atoms with Crippen LogP contribution in [-0.2, 0) is 14.4 Å². The summed E-state index contributed by atoms with van der Waals surface area (Å²) in [7, 11) is 0. The van der Waals surface area contributed by atoms with Crippen molar-refractivity contribution in [2.45, 2.75) is 26.3 Å². The largest absolute Gasteiger partial charge is 0.480 e. The van der Waals surface area contributed by atoms with E-state index < -0.39 is 30.4 Å². The summed E-state index contributed by atoms with van der Waals surface area (Å²) in [6.07, 6.45) is -0.514. The van der Waals surface area contributed by atoms with E-state index in [1.165, 1.54) is 0 Å². The molecule has 0 rings (SSSR count).